The quantitative estimate of drug-likeness (QED) is 0.473. The van der Waals surface area contributed by atoms with Crippen molar-refractivity contribution in [3.05, 3.63) is 60.7 Å². The normalized spacial score (nSPS) is 17.0. The number of allylic oxidation sites excluding steroid dienone is 5. The summed E-state index contributed by atoms with van der Waals surface area (Å²) in [6.07, 6.45) is 13.5. The van der Waals surface area contributed by atoms with Crippen molar-refractivity contribution in [1.82, 2.24) is 0 Å². The number of hydrogen-bond acceptors (Lipinski definition) is 2. The summed E-state index contributed by atoms with van der Waals surface area (Å²) < 4.78 is 0. The second kappa shape index (κ2) is 8.73. The molecular formula is C19H22N2O2. The second-order valence-corrected chi connectivity index (χ2v) is 5.44. The van der Waals surface area contributed by atoms with E-state index >= 15 is 0 Å². The third kappa shape index (κ3) is 5.58. The van der Waals surface area contributed by atoms with E-state index in [-0.39, 0.29) is 11.8 Å². The average molecular weight is 310 g/mol. The fourth-order valence-corrected chi connectivity index (χ4v) is 2.43. The molecule has 1 unspecified atom stereocenters. The van der Waals surface area contributed by atoms with Crippen molar-refractivity contribution in [1.29, 1.82) is 0 Å². The summed E-state index contributed by atoms with van der Waals surface area (Å²) >= 11 is 0. The minimum Gasteiger partial charge on any atom is -0.324 e. The van der Waals surface area contributed by atoms with Crippen LogP contribution in [0.25, 0.3) is 0 Å². The lowest BCUT2D eigenvalue weighted by Crippen LogP contribution is -2.17. The SMILES string of the molecule is C/C=C/C=C/C(=O)Nc1ccccc1NC(=O)CC1C=CCC1. The molecule has 0 heterocycles. The Morgan fingerprint density at radius 3 is 2.57 bits per heavy atom. The molecule has 23 heavy (non-hydrogen) atoms. The minimum absolute atomic E-state index is 0.0345. The third-order valence-electron chi connectivity index (χ3n) is 3.57. The Bertz CT molecular complexity index is 645. The number of benzene rings is 1. The van der Waals surface area contributed by atoms with Crippen LogP contribution in [0.2, 0.25) is 0 Å². The highest BCUT2D eigenvalue weighted by Gasteiger charge is 2.15. The molecule has 0 saturated carbocycles. The lowest BCUT2D eigenvalue weighted by atomic mass is 10.0. The summed E-state index contributed by atoms with van der Waals surface area (Å²) in [5.41, 5.74) is 1.21. The first-order valence-corrected chi connectivity index (χ1v) is 7.85. The van der Waals surface area contributed by atoms with E-state index in [1.54, 1.807) is 24.3 Å². The van der Waals surface area contributed by atoms with Crippen LogP contribution >= 0.6 is 0 Å². The molecule has 1 aromatic carbocycles. The maximum Gasteiger partial charge on any atom is 0.248 e. The van der Waals surface area contributed by atoms with Crippen LogP contribution in [-0.4, -0.2) is 11.8 Å². The summed E-state index contributed by atoms with van der Waals surface area (Å²) in [6.45, 7) is 1.88. The maximum atomic E-state index is 12.1. The van der Waals surface area contributed by atoms with E-state index in [0.717, 1.165) is 12.8 Å². The average Bonchev–Trinajstić information content (AvgIpc) is 3.02. The number of carbonyl (C=O) groups is 2. The molecule has 0 saturated heterocycles. The van der Waals surface area contributed by atoms with Gasteiger partial charge < -0.3 is 10.6 Å². The molecule has 120 valence electrons. The molecule has 0 aliphatic heterocycles. The summed E-state index contributed by atoms with van der Waals surface area (Å²) in [5.74, 6) is 0.0525. The molecule has 0 spiro atoms. The first-order chi connectivity index (χ1) is 11.2. The van der Waals surface area contributed by atoms with E-state index in [9.17, 15) is 9.59 Å². The number of hydrogen-bond donors (Lipinski definition) is 2. The molecule has 1 aromatic rings. The highest BCUT2D eigenvalue weighted by atomic mass is 16.2. The molecule has 0 fully saturated rings. The topological polar surface area (TPSA) is 58.2 Å². The van der Waals surface area contributed by atoms with Crippen LogP contribution < -0.4 is 10.6 Å². The fourth-order valence-electron chi connectivity index (χ4n) is 2.43. The number of anilines is 2. The Hall–Kier alpha value is -2.62. The minimum atomic E-state index is -0.233. The largest absolute Gasteiger partial charge is 0.324 e. The van der Waals surface area contributed by atoms with E-state index in [1.807, 2.05) is 25.1 Å². The number of carbonyl (C=O) groups excluding carboxylic acids is 2. The summed E-state index contributed by atoms with van der Waals surface area (Å²) in [6, 6.07) is 7.21. The van der Waals surface area contributed by atoms with Gasteiger partial charge in [-0.15, -0.1) is 0 Å². The predicted octanol–water partition coefficient (Wildman–Crippen LogP) is 4.05. The zero-order valence-corrected chi connectivity index (χ0v) is 13.3. The van der Waals surface area contributed by atoms with Gasteiger partial charge in [-0.3, -0.25) is 9.59 Å². The van der Waals surface area contributed by atoms with Crippen molar-refractivity contribution in [2.45, 2.75) is 26.2 Å². The summed E-state index contributed by atoms with van der Waals surface area (Å²) in [5, 5.41) is 5.66. The molecule has 1 atom stereocenters. The van der Waals surface area contributed by atoms with Gasteiger partial charge in [0.05, 0.1) is 11.4 Å². The van der Waals surface area contributed by atoms with Gasteiger partial charge in [0.15, 0.2) is 0 Å². The van der Waals surface area contributed by atoms with Gasteiger partial charge in [0.25, 0.3) is 0 Å². The lowest BCUT2D eigenvalue weighted by molar-refractivity contribution is -0.117. The van der Waals surface area contributed by atoms with E-state index in [1.165, 1.54) is 6.08 Å². The summed E-state index contributed by atoms with van der Waals surface area (Å²) in [4.78, 5) is 24.0. The van der Waals surface area contributed by atoms with Gasteiger partial charge in [0.2, 0.25) is 11.8 Å². The van der Waals surface area contributed by atoms with Gasteiger partial charge in [-0.25, -0.2) is 0 Å². The second-order valence-electron chi connectivity index (χ2n) is 5.44. The number of rotatable bonds is 6. The van der Waals surface area contributed by atoms with E-state index in [2.05, 4.69) is 22.8 Å². The Morgan fingerprint density at radius 1 is 1.17 bits per heavy atom. The Balaban J connectivity index is 1.97. The molecule has 1 aliphatic carbocycles. The predicted molar refractivity (Wildman–Crippen MR) is 94.1 cm³/mol. The molecule has 2 amide bonds. The van der Waals surface area contributed by atoms with Crippen LogP contribution in [0.15, 0.2) is 60.7 Å². The van der Waals surface area contributed by atoms with Crippen LogP contribution in [0.1, 0.15) is 26.2 Å². The molecule has 4 heteroatoms. The molecule has 2 N–H and O–H groups in total. The van der Waals surface area contributed by atoms with Gasteiger partial charge in [-0.1, -0.05) is 42.5 Å². The van der Waals surface area contributed by atoms with E-state index in [4.69, 9.17) is 0 Å². The fraction of sp³-hybridized carbons (Fsp3) is 0.263. The standard InChI is InChI=1S/C19H22N2O2/c1-2-3-4-13-18(22)20-16-11-7-8-12-17(16)21-19(23)14-15-9-5-6-10-15/h2-5,7-9,11-13,15H,6,10,14H2,1H3,(H,20,22)(H,21,23)/b3-2+,13-4+. The molecule has 1 aliphatic rings. The van der Waals surface area contributed by atoms with Crippen molar-refractivity contribution < 1.29 is 9.59 Å². The molecule has 0 bridgehead atoms. The Labute approximate surface area is 137 Å². The Kier molecular flexibility index (Phi) is 6.36. The van der Waals surface area contributed by atoms with Crippen molar-refractivity contribution in [2.24, 2.45) is 5.92 Å². The lowest BCUT2D eigenvalue weighted by Gasteiger charge is -2.12. The van der Waals surface area contributed by atoms with Gasteiger partial charge in [0, 0.05) is 12.5 Å². The van der Waals surface area contributed by atoms with Crippen LogP contribution in [0.4, 0.5) is 11.4 Å². The molecule has 0 radical (unpaired) electrons. The van der Waals surface area contributed by atoms with E-state index < -0.39 is 0 Å². The molecule has 0 aromatic heterocycles. The van der Waals surface area contributed by atoms with Gasteiger partial charge in [-0.2, -0.15) is 0 Å². The third-order valence-corrected chi connectivity index (χ3v) is 3.57. The van der Waals surface area contributed by atoms with Crippen LogP contribution in [0.3, 0.4) is 0 Å². The maximum absolute atomic E-state index is 12.1. The molecule has 2 rings (SSSR count). The van der Waals surface area contributed by atoms with Crippen molar-refractivity contribution in [2.75, 3.05) is 10.6 Å². The number of nitrogens with one attached hydrogen (secondary N) is 2. The highest BCUT2D eigenvalue weighted by Crippen LogP contribution is 2.24. The highest BCUT2D eigenvalue weighted by molar-refractivity contribution is 6.03. The monoisotopic (exact) mass is 310 g/mol. The first kappa shape index (κ1) is 16.7. The van der Waals surface area contributed by atoms with Crippen LogP contribution in [-0.2, 0) is 9.59 Å². The van der Waals surface area contributed by atoms with Crippen LogP contribution in [0, 0.1) is 5.92 Å². The summed E-state index contributed by atoms with van der Waals surface area (Å²) in [7, 11) is 0. The van der Waals surface area contributed by atoms with Gasteiger partial charge in [-0.05, 0) is 37.8 Å². The van der Waals surface area contributed by atoms with Gasteiger partial charge >= 0.3 is 0 Å². The zero-order chi connectivity index (χ0) is 16.5. The van der Waals surface area contributed by atoms with Crippen LogP contribution in [0.5, 0.6) is 0 Å². The molecule has 4 nitrogen and oxygen atoms in total. The van der Waals surface area contributed by atoms with Crippen molar-refractivity contribution >= 4 is 23.2 Å². The smallest absolute Gasteiger partial charge is 0.248 e. The van der Waals surface area contributed by atoms with E-state index in [0.29, 0.717) is 23.7 Å². The zero-order valence-electron chi connectivity index (χ0n) is 13.3. The number of amides is 2. The van der Waals surface area contributed by atoms with Crippen molar-refractivity contribution in [3.63, 3.8) is 0 Å². The molecular weight excluding hydrogens is 288 g/mol. The number of para-hydroxylation sites is 2. The Morgan fingerprint density at radius 2 is 1.91 bits per heavy atom. The van der Waals surface area contributed by atoms with Crippen molar-refractivity contribution in [3.8, 4) is 0 Å². The first-order valence-electron chi connectivity index (χ1n) is 7.85. The van der Waals surface area contributed by atoms with Gasteiger partial charge in [0.1, 0.15) is 0 Å².